The molecule has 7 nitrogen and oxygen atoms in total. The lowest BCUT2D eigenvalue weighted by Crippen LogP contribution is -2.41. The smallest absolute Gasteiger partial charge is 0.255 e. The Kier molecular flexibility index (Phi) is 4.85. The van der Waals surface area contributed by atoms with E-state index in [0.29, 0.717) is 24.1 Å². The molecule has 2 heterocycles. The van der Waals surface area contributed by atoms with E-state index in [-0.39, 0.29) is 29.9 Å². The summed E-state index contributed by atoms with van der Waals surface area (Å²) in [5.41, 5.74) is 2.11. The maximum Gasteiger partial charge on any atom is 0.255 e. The van der Waals surface area contributed by atoms with Crippen LogP contribution in [0.2, 0.25) is 0 Å². The molecule has 3 rings (SSSR count). The van der Waals surface area contributed by atoms with Crippen LogP contribution in [0.4, 0.5) is 0 Å². The summed E-state index contributed by atoms with van der Waals surface area (Å²) in [6, 6.07) is -0.172. The molecule has 1 atom stereocenters. The minimum atomic E-state index is -0.281. The maximum absolute atomic E-state index is 12.8. The second-order valence-corrected chi connectivity index (χ2v) is 7.17. The molecular weight excluding hydrogens is 318 g/mol. The Morgan fingerprint density at radius 2 is 2.08 bits per heavy atom. The summed E-state index contributed by atoms with van der Waals surface area (Å²) >= 11 is 0. The van der Waals surface area contributed by atoms with Gasteiger partial charge >= 0.3 is 0 Å². The predicted octanol–water partition coefficient (Wildman–Crippen LogP) is 1.88. The highest BCUT2D eigenvalue weighted by atomic mass is 16.3. The van der Waals surface area contributed by atoms with E-state index in [1.54, 1.807) is 17.1 Å². The molecule has 0 unspecified atom stereocenters. The lowest BCUT2D eigenvalue weighted by molar-refractivity contribution is 0.0235. The number of hydrogen-bond acceptors (Lipinski definition) is 5. The van der Waals surface area contributed by atoms with Crippen LogP contribution in [0.5, 0.6) is 0 Å². The number of aryl methyl sites for hydroxylation is 2. The topological polar surface area (TPSA) is 92.9 Å². The summed E-state index contributed by atoms with van der Waals surface area (Å²) in [4.78, 5) is 21.5. The summed E-state index contributed by atoms with van der Waals surface area (Å²) in [6.45, 7) is 5.87. The van der Waals surface area contributed by atoms with Gasteiger partial charge in [-0.1, -0.05) is 13.8 Å². The second kappa shape index (κ2) is 6.92. The van der Waals surface area contributed by atoms with Crippen molar-refractivity contribution in [2.24, 2.45) is 13.0 Å². The zero-order valence-electron chi connectivity index (χ0n) is 15.1. The van der Waals surface area contributed by atoms with Crippen molar-refractivity contribution in [3.05, 3.63) is 41.2 Å². The SMILES string of the molecule is Cc1nc(C(C)C)ncc1C(=O)N[C@@H](c1cnn(C)c1)C1CC(O)C1. The van der Waals surface area contributed by atoms with Gasteiger partial charge in [-0.05, 0) is 25.7 Å². The number of hydrogen-bond donors (Lipinski definition) is 2. The van der Waals surface area contributed by atoms with Gasteiger partial charge in [0.2, 0.25) is 0 Å². The zero-order valence-corrected chi connectivity index (χ0v) is 15.1. The van der Waals surface area contributed by atoms with Crippen LogP contribution in [0.25, 0.3) is 0 Å². The van der Waals surface area contributed by atoms with Gasteiger partial charge in [0.25, 0.3) is 5.91 Å². The summed E-state index contributed by atoms with van der Waals surface area (Å²) in [5.74, 6) is 0.970. The molecule has 2 N–H and O–H groups in total. The molecule has 1 saturated carbocycles. The van der Waals surface area contributed by atoms with E-state index >= 15 is 0 Å². The molecule has 1 aliphatic carbocycles. The van der Waals surface area contributed by atoms with Crippen LogP contribution in [0.1, 0.15) is 66.1 Å². The Labute approximate surface area is 147 Å². The van der Waals surface area contributed by atoms with Crippen LogP contribution in [0.3, 0.4) is 0 Å². The number of carbonyl (C=O) groups is 1. The molecule has 2 aromatic rings. The summed E-state index contributed by atoms with van der Waals surface area (Å²) in [6.07, 6.45) is 6.35. The Balaban J connectivity index is 1.81. The van der Waals surface area contributed by atoms with E-state index in [0.717, 1.165) is 11.4 Å². The Morgan fingerprint density at radius 3 is 2.60 bits per heavy atom. The molecule has 0 aliphatic heterocycles. The van der Waals surface area contributed by atoms with E-state index in [9.17, 15) is 9.90 Å². The Hall–Kier alpha value is -2.28. The molecule has 0 saturated heterocycles. The number of rotatable bonds is 5. The summed E-state index contributed by atoms with van der Waals surface area (Å²) in [7, 11) is 1.85. The van der Waals surface area contributed by atoms with Crippen molar-refractivity contribution in [3.8, 4) is 0 Å². The number of amides is 1. The number of aromatic nitrogens is 4. The number of nitrogens with one attached hydrogen (secondary N) is 1. The number of carbonyl (C=O) groups excluding carboxylic acids is 1. The molecule has 0 spiro atoms. The summed E-state index contributed by atoms with van der Waals surface area (Å²) < 4.78 is 1.72. The van der Waals surface area contributed by atoms with Gasteiger partial charge in [-0.2, -0.15) is 5.10 Å². The Bertz CT molecular complexity index is 765. The van der Waals surface area contributed by atoms with Gasteiger partial charge in [-0.25, -0.2) is 9.97 Å². The normalized spacial score (nSPS) is 21.0. The molecule has 1 amide bonds. The maximum atomic E-state index is 12.8. The van der Waals surface area contributed by atoms with Crippen LogP contribution in [0.15, 0.2) is 18.6 Å². The molecule has 0 aromatic carbocycles. The van der Waals surface area contributed by atoms with Gasteiger partial charge in [-0.3, -0.25) is 9.48 Å². The molecule has 0 bridgehead atoms. The molecule has 134 valence electrons. The van der Waals surface area contributed by atoms with Gasteiger partial charge in [0.1, 0.15) is 5.82 Å². The molecule has 2 aromatic heterocycles. The van der Waals surface area contributed by atoms with Crippen molar-refractivity contribution >= 4 is 5.91 Å². The third-order valence-electron chi connectivity index (χ3n) is 4.75. The Morgan fingerprint density at radius 1 is 1.36 bits per heavy atom. The monoisotopic (exact) mass is 343 g/mol. The fraction of sp³-hybridized carbons (Fsp3) is 0.556. The van der Waals surface area contributed by atoms with Gasteiger partial charge in [0.05, 0.1) is 29.6 Å². The highest BCUT2D eigenvalue weighted by Gasteiger charge is 2.36. The van der Waals surface area contributed by atoms with Crippen molar-refractivity contribution < 1.29 is 9.90 Å². The number of aliphatic hydroxyl groups excluding tert-OH is 1. The first kappa shape index (κ1) is 17.5. The number of aliphatic hydroxyl groups is 1. The minimum absolute atomic E-state index is 0.172. The highest BCUT2D eigenvalue weighted by Crippen LogP contribution is 2.38. The fourth-order valence-electron chi connectivity index (χ4n) is 3.18. The lowest BCUT2D eigenvalue weighted by atomic mass is 9.75. The quantitative estimate of drug-likeness (QED) is 0.865. The van der Waals surface area contributed by atoms with E-state index in [1.807, 2.05) is 34.0 Å². The first-order valence-electron chi connectivity index (χ1n) is 8.66. The predicted molar refractivity (Wildman–Crippen MR) is 93.0 cm³/mol. The molecule has 0 radical (unpaired) electrons. The lowest BCUT2D eigenvalue weighted by Gasteiger charge is -2.37. The van der Waals surface area contributed by atoms with Gasteiger partial charge < -0.3 is 10.4 Å². The van der Waals surface area contributed by atoms with Crippen LogP contribution in [-0.4, -0.2) is 36.9 Å². The molecule has 25 heavy (non-hydrogen) atoms. The van der Waals surface area contributed by atoms with Crippen molar-refractivity contribution in [1.82, 2.24) is 25.1 Å². The van der Waals surface area contributed by atoms with Crippen molar-refractivity contribution in [2.45, 2.75) is 51.7 Å². The van der Waals surface area contributed by atoms with Crippen molar-refractivity contribution in [3.63, 3.8) is 0 Å². The highest BCUT2D eigenvalue weighted by molar-refractivity contribution is 5.95. The van der Waals surface area contributed by atoms with Gasteiger partial charge in [0, 0.05) is 30.9 Å². The fourth-order valence-corrected chi connectivity index (χ4v) is 3.18. The molecular formula is C18H25N5O2. The van der Waals surface area contributed by atoms with Crippen molar-refractivity contribution in [2.75, 3.05) is 0 Å². The van der Waals surface area contributed by atoms with Crippen LogP contribution >= 0.6 is 0 Å². The summed E-state index contributed by atoms with van der Waals surface area (Å²) in [5, 5.41) is 16.9. The van der Waals surface area contributed by atoms with Crippen LogP contribution in [0, 0.1) is 12.8 Å². The van der Waals surface area contributed by atoms with Crippen LogP contribution in [-0.2, 0) is 7.05 Å². The van der Waals surface area contributed by atoms with E-state index in [1.165, 1.54) is 0 Å². The van der Waals surface area contributed by atoms with Gasteiger partial charge in [-0.15, -0.1) is 0 Å². The first-order chi connectivity index (χ1) is 11.8. The molecule has 1 aliphatic rings. The van der Waals surface area contributed by atoms with E-state index in [4.69, 9.17) is 0 Å². The third-order valence-corrected chi connectivity index (χ3v) is 4.75. The largest absolute Gasteiger partial charge is 0.393 e. The van der Waals surface area contributed by atoms with E-state index in [2.05, 4.69) is 20.4 Å². The second-order valence-electron chi connectivity index (χ2n) is 7.17. The zero-order chi connectivity index (χ0) is 18.1. The van der Waals surface area contributed by atoms with Gasteiger partial charge in [0.15, 0.2) is 0 Å². The molecule has 7 heteroatoms. The standard InChI is InChI=1S/C18H25N5O2/c1-10(2)17-19-8-15(11(3)21-17)18(25)22-16(12-5-14(24)6-12)13-7-20-23(4)9-13/h7-10,12,14,16,24H,5-6H2,1-4H3,(H,22,25)/t12?,14?,16-/m1/s1. The van der Waals surface area contributed by atoms with E-state index < -0.39 is 0 Å². The number of nitrogens with zero attached hydrogens (tertiary/aromatic N) is 4. The average Bonchev–Trinajstić information content (AvgIpc) is 2.95. The average molecular weight is 343 g/mol. The third kappa shape index (κ3) is 3.71. The first-order valence-corrected chi connectivity index (χ1v) is 8.66. The van der Waals surface area contributed by atoms with Crippen molar-refractivity contribution in [1.29, 1.82) is 0 Å². The molecule has 1 fully saturated rings. The minimum Gasteiger partial charge on any atom is -0.393 e. The van der Waals surface area contributed by atoms with Crippen LogP contribution < -0.4 is 5.32 Å².